The number of ether oxygens (including phenoxy) is 3. The van der Waals surface area contributed by atoms with Crippen molar-refractivity contribution >= 4 is 5.97 Å². The van der Waals surface area contributed by atoms with Crippen LogP contribution < -0.4 is 14.8 Å². The Morgan fingerprint density at radius 2 is 1.76 bits per heavy atom. The largest absolute Gasteiger partial charge is 0.494 e. The molecule has 6 heteroatoms. The van der Waals surface area contributed by atoms with Crippen LogP contribution in [-0.4, -0.2) is 50.1 Å². The predicted molar refractivity (Wildman–Crippen MR) is 112 cm³/mol. The lowest BCUT2D eigenvalue weighted by Gasteiger charge is -2.13. The summed E-state index contributed by atoms with van der Waals surface area (Å²) in [5.41, 5.74) is 1.19. The van der Waals surface area contributed by atoms with Gasteiger partial charge in [-0.2, -0.15) is 0 Å². The first-order chi connectivity index (χ1) is 14.2. The van der Waals surface area contributed by atoms with Crippen molar-refractivity contribution in [1.82, 2.24) is 5.32 Å². The summed E-state index contributed by atoms with van der Waals surface area (Å²) in [6, 6.07) is 17.4. The lowest BCUT2D eigenvalue weighted by molar-refractivity contribution is -0.143. The van der Waals surface area contributed by atoms with Crippen molar-refractivity contribution in [2.75, 3.05) is 32.9 Å². The highest BCUT2D eigenvalue weighted by molar-refractivity contribution is 5.69. The molecule has 6 nitrogen and oxygen atoms in total. The maximum atomic E-state index is 11.3. The second-order valence-corrected chi connectivity index (χ2v) is 6.63. The van der Waals surface area contributed by atoms with Gasteiger partial charge in [0.2, 0.25) is 0 Å². The Morgan fingerprint density at radius 3 is 2.48 bits per heavy atom. The summed E-state index contributed by atoms with van der Waals surface area (Å²) >= 11 is 0. The Labute approximate surface area is 172 Å². The fraction of sp³-hybridized carbons (Fsp3) is 0.435. The van der Waals surface area contributed by atoms with Crippen molar-refractivity contribution in [2.24, 2.45) is 0 Å². The van der Waals surface area contributed by atoms with Crippen LogP contribution in [0.3, 0.4) is 0 Å². The summed E-state index contributed by atoms with van der Waals surface area (Å²) in [5.74, 6) is 1.37. The van der Waals surface area contributed by atoms with E-state index in [4.69, 9.17) is 14.2 Å². The number of hydrogen-bond acceptors (Lipinski definition) is 6. The molecule has 0 aliphatic carbocycles. The average molecular weight is 402 g/mol. The van der Waals surface area contributed by atoms with Gasteiger partial charge in [0.05, 0.1) is 13.2 Å². The number of nitrogens with one attached hydrogen (secondary N) is 1. The molecule has 0 radical (unpaired) electrons. The summed E-state index contributed by atoms with van der Waals surface area (Å²) in [7, 11) is 0. The molecule has 2 rings (SSSR count). The molecule has 0 spiro atoms. The minimum Gasteiger partial charge on any atom is -0.494 e. The Balaban J connectivity index is 1.54. The Bertz CT molecular complexity index is 690. The van der Waals surface area contributed by atoms with Crippen LogP contribution in [0.2, 0.25) is 0 Å². The number of esters is 1. The topological polar surface area (TPSA) is 77.0 Å². The maximum Gasteiger partial charge on any atom is 0.305 e. The van der Waals surface area contributed by atoms with Crippen molar-refractivity contribution in [2.45, 2.75) is 32.3 Å². The van der Waals surface area contributed by atoms with Crippen LogP contribution in [0.4, 0.5) is 0 Å². The van der Waals surface area contributed by atoms with Crippen LogP contribution >= 0.6 is 0 Å². The van der Waals surface area contributed by atoms with E-state index in [9.17, 15) is 9.90 Å². The van der Waals surface area contributed by atoms with Gasteiger partial charge in [-0.15, -0.1) is 0 Å². The van der Waals surface area contributed by atoms with Gasteiger partial charge >= 0.3 is 5.97 Å². The van der Waals surface area contributed by atoms with Crippen LogP contribution in [0.5, 0.6) is 11.5 Å². The van der Waals surface area contributed by atoms with Crippen molar-refractivity contribution in [3.63, 3.8) is 0 Å². The third-order valence-corrected chi connectivity index (χ3v) is 4.18. The van der Waals surface area contributed by atoms with E-state index in [0.717, 1.165) is 24.5 Å². The summed E-state index contributed by atoms with van der Waals surface area (Å²) in [4.78, 5) is 11.3. The van der Waals surface area contributed by atoms with E-state index in [1.807, 2.05) is 54.6 Å². The fourth-order valence-corrected chi connectivity index (χ4v) is 2.66. The monoisotopic (exact) mass is 401 g/mol. The summed E-state index contributed by atoms with van der Waals surface area (Å²) in [6.07, 6.45) is 1.32. The third kappa shape index (κ3) is 9.96. The Morgan fingerprint density at radius 1 is 1.03 bits per heavy atom. The molecule has 0 saturated carbocycles. The van der Waals surface area contributed by atoms with E-state index in [1.54, 1.807) is 6.92 Å². The number of carbonyl (C=O) groups is 1. The van der Waals surface area contributed by atoms with E-state index < -0.39 is 6.10 Å². The van der Waals surface area contributed by atoms with Gasteiger partial charge in [0.1, 0.15) is 24.2 Å². The molecule has 1 atom stereocenters. The quantitative estimate of drug-likeness (QED) is 0.374. The summed E-state index contributed by atoms with van der Waals surface area (Å²) in [5, 5.41) is 13.2. The second-order valence-electron chi connectivity index (χ2n) is 6.63. The first-order valence-electron chi connectivity index (χ1n) is 10.1. The number of rotatable bonds is 14. The lowest BCUT2D eigenvalue weighted by Crippen LogP contribution is -2.32. The Kier molecular flexibility index (Phi) is 10.6. The second kappa shape index (κ2) is 13.6. The highest BCUT2D eigenvalue weighted by Crippen LogP contribution is 2.13. The van der Waals surface area contributed by atoms with Gasteiger partial charge in [0, 0.05) is 13.0 Å². The van der Waals surface area contributed by atoms with Gasteiger partial charge in [-0.3, -0.25) is 4.79 Å². The molecule has 0 bridgehead atoms. The highest BCUT2D eigenvalue weighted by atomic mass is 16.5. The molecule has 0 saturated heterocycles. The average Bonchev–Trinajstić information content (AvgIpc) is 2.75. The molecule has 29 heavy (non-hydrogen) atoms. The molecular formula is C23H31NO5. The van der Waals surface area contributed by atoms with Crippen LogP contribution in [-0.2, 0) is 16.0 Å². The van der Waals surface area contributed by atoms with Crippen molar-refractivity contribution in [1.29, 1.82) is 0 Å². The number of carbonyl (C=O) groups excluding carboxylic acids is 1. The smallest absolute Gasteiger partial charge is 0.305 e. The number of aliphatic hydroxyl groups excluding tert-OH is 1. The highest BCUT2D eigenvalue weighted by Gasteiger charge is 2.05. The standard InChI is InChI=1S/C23H31NO5/c1-2-27-23(26)9-6-16-28-22-12-10-19(11-13-22)14-15-24-17-20(25)18-29-21-7-4-3-5-8-21/h3-5,7-8,10-13,20,24-25H,2,6,9,14-18H2,1H3/t20-/m0/s1. The van der Waals surface area contributed by atoms with E-state index >= 15 is 0 Å². The number of aliphatic hydroxyl groups is 1. The van der Waals surface area contributed by atoms with Crippen LogP contribution in [0.1, 0.15) is 25.3 Å². The minimum absolute atomic E-state index is 0.185. The van der Waals surface area contributed by atoms with E-state index in [0.29, 0.717) is 32.6 Å². The zero-order valence-electron chi connectivity index (χ0n) is 17.0. The van der Waals surface area contributed by atoms with Gasteiger partial charge in [-0.1, -0.05) is 30.3 Å². The minimum atomic E-state index is -0.555. The molecular weight excluding hydrogens is 370 g/mol. The van der Waals surface area contributed by atoms with Gasteiger partial charge < -0.3 is 24.6 Å². The zero-order chi connectivity index (χ0) is 20.7. The molecule has 0 heterocycles. The fourth-order valence-electron chi connectivity index (χ4n) is 2.66. The molecule has 158 valence electrons. The molecule has 2 N–H and O–H groups in total. The molecule has 0 aliphatic heterocycles. The first kappa shape index (κ1) is 22.7. The number of benzene rings is 2. The molecule has 0 aromatic heterocycles. The summed E-state index contributed by atoms with van der Waals surface area (Å²) < 4.78 is 16.1. The molecule has 0 unspecified atom stereocenters. The van der Waals surface area contributed by atoms with Crippen molar-refractivity contribution in [3.05, 3.63) is 60.2 Å². The van der Waals surface area contributed by atoms with Gasteiger partial charge in [-0.05, 0) is 56.1 Å². The van der Waals surface area contributed by atoms with Crippen LogP contribution in [0, 0.1) is 0 Å². The molecule has 2 aromatic rings. The summed E-state index contributed by atoms with van der Waals surface area (Å²) in [6.45, 7) is 4.21. The van der Waals surface area contributed by atoms with Crippen LogP contribution in [0.25, 0.3) is 0 Å². The molecule has 0 fully saturated rings. The SMILES string of the molecule is CCOC(=O)CCCOc1ccc(CCNC[C@H](O)COc2ccccc2)cc1. The molecule has 0 aliphatic rings. The lowest BCUT2D eigenvalue weighted by atomic mass is 10.1. The molecule has 0 amide bonds. The first-order valence-corrected chi connectivity index (χ1v) is 10.1. The van der Waals surface area contributed by atoms with Crippen molar-refractivity contribution in [3.8, 4) is 11.5 Å². The van der Waals surface area contributed by atoms with Gasteiger partial charge in [-0.25, -0.2) is 0 Å². The molecule has 2 aromatic carbocycles. The van der Waals surface area contributed by atoms with E-state index in [-0.39, 0.29) is 12.6 Å². The maximum absolute atomic E-state index is 11.3. The number of hydrogen-bond donors (Lipinski definition) is 2. The normalized spacial score (nSPS) is 11.7. The van der Waals surface area contributed by atoms with Crippen LogP contribution in [0.15, 0.2) is 54.6 Å². The van der Waals surface area contributed by atoms with E-state index in [1.165, 1.54) is 5.56 Å². The van der Waals surface area contributed by atoms with E-state index in [2.05, 4.69) is 5.32 Å². The van der Waals surface area contributed by atoms with Gasteiger partial charge in [0.25, 0.3) is 0 Å². The predicted octanol–water partition coefficient (Wildman–Crippen LogP) is 2.98. The number of para-hydroxylation sites is 1. The van der Waals surface area contributed by atoms with Crippen molar-refractivity contribution < 1.29 is 24.1 Å². The zero-order valence-corrected chi connectivity index (χ0v) is 17.0. The Hall–Kier alpha value is -2.57. The van der Waals surface area contributed by atoms with Gasteiger partial charge in [0.15, 0.2) is 0 Å². The third-order valence-electron chi connectivity index (χ3n) is 4.18.